The summed E-state index contributed by atoms with van der Waals surface area (Å²) in [6.07, 6.45) is -1.28. The molecule has 0 aliphatic carbocycles. The second-order valence-corrected chi connectivity index (χ2v) is 8.47. The molecule has 1 aliphatic rings. The number of para-hydroxylation sites is 2. The molecule has 0 radical (unpaired) electrons. The molecule has 0 unspecified atom stereocenters. The topological polar surface area (TPSA) is 120 Å². The van der Waals surface area contributed by atoms with E-state index in [0.717, 1.165) is 0 Å². The van der Waals surface area contributed by atoms with Gasteiger partial charge in [-0.05, 0) is 29.8 Å². The monoisotopic (exact) mass is 522 g/mol. The van der Waals surface area contributed by atoms with Crippen LogP contribution in [0.3, 0.4) is 0 Å². The molecule has 1 aliphatic heterocycles. The minimum atomic E-state index is -1.03. The summed E-state index contributed by atoms with van der Waals surface area (Å²) in [7, 11) is 0. The van der Waals surface area contributed by atoms with Gasteiger partial charge in [0.05, 0.1) is 23.0 Å². The Morgan fingerprint density at radius 1 is 0.919 bits per heavy atom. The largest absolute Gasteiger partial charge is 0.485 e. The predicted octanol–water partition coefficient (Wildman–Crippen LogP) is 3.23. The molecule has 2 atom stereocenters. The Kier molecular flexibility index (Phi) is 8.37. The van der Waals surface area contributed by atoms with Gasteiger partial charge in [0.1, 0.15) is 6.61 Å². The lowest BCUT2D eigenvalue weighted by atomic mass is 10.0. The van der Waals surface area contributed by atoms with E-state index >= 15 is 0 Å². The van der Waals surface area contributed by atoms with Gasteiger partial charge in [-0.15, -0.1) is 0 Å². The maximum atomic E-state index is 12.8. The molecular weight excluding hydrogens is 500 g/mol. The molecule has 0 fully saturated rings. The van der Waals surface area contributed by atoms with Crippen LogP contribution in [0.2, 0.25) is 5.02 Å². The predicted molar refractivity (Wildman–Crippen MR) is 133 cm³/mol. The fraction of sp³-hybridized carbons (Fsp3) is 0.185. The molecule has 0 bridgehead atoms. The summed E-state index contributed by atoms with van der Waals surface area (Å²) in [4.78, 5) is 49.9. The standard InChI is InChI=1S/C27H23ClN2O7/c28-19-11-5-4-10-18(19)26(33)29-20(17-8-2-1-3-9-17)14-25(32)36-16-24(31)30-27(34)23-15-35-21-12-6-7-13-22(21)37-23/h1-13,20,23H,14-16H2,(H,29,33)(H,30,31,34)/t20-,23+/m1/s1. The number of ether oxygens (including phenoxy) is 3. The third kappa shape index (κ3) is 6.86. The highest BCUT2D eigenvalue weighted by Crippen LogP contribution is 2.30. The smallest absolute Gasteiger partial charge is 0.308 e. The van der Waals surface area contributed by atoms with Crippen LogP contribution in [0, 0.1) is 0 Å². The van der Waals surface area contributed by atoms with Gasteiger partial charge in [0.25, 0.3) is 17.7 Å². The van der Waals surface area contributed by atoms with Gasteiger partial charge in [0.2, 0.25) is 6.10 Å². The van der Waals surface area contributed by atoms with Crippen molar-refractivity contribution in [1.82, 2.24) is 10.6 Å². The molecule has 10 heteroatoms. The van der Waals surface area contributed by atoms with Crippen LogP contribution in [-0.2, 0) is 19.1 Å². The van der Waals surface area contributed by atoms with E-state index in [9.17, 15) is 19.2 Å². The van der Waals surface area contributed by atoms with E-state index in [-0.39, 0.29) is 23.6 Å². The van der Waals surface area contributed by atoms with Crippen molar-refractivity contribution in [2.45, 2.75) is 18.6 Å². The minimum Gasteiger partial charge on any atom is -0.485 e. The summed E-state index contributed by atoms with van der Waals surface area (Å²) in [6, 6.07) is 21.5. The summed E-state index contributed by atoms with van der Waals surface area (Å²) in [5.74, 6) is -1.86. The number of imide groups is 1. The van der Waals surface area contributed by atoms with Crippen molar-refractivity contribution in [3.05, 3.63) is 95.0 Å². The third-order valence-electron chi connectivity index (χ3n) is 5.42. The number of nitrogens with one attached hydrogen (secondary N) is 2. The van der Waals surface area contributed by atoms with Gasteiger partial charge in [-0.25, -0.2) is 0 Å². The lowest BCUT2D eigenvalue weighted by Crippen LogP contribution is -2.47. The van der Waals surface area contributed by atoms with E-state index in [2.05, 4.69) is 10.6 Å². The maximum absolute atomic E-state index is 12.8. The van der Waals surface area contributed by atoms with Gasteiger partial charge < -0.3 is 19.5 Å². The molecule has 0 aromatic heterocycles. The molecule has 0 saturated carbocycles. The highest BCUT2D eigenvalue weighted by molar-refractivity contribution is 6.33. The van der Waals surface area contributed by atoms with Gasteiger partial charge in [0, 0.05) is 0 Å². The van der Waals surface area contributed by atoms with Gasteiger partial charge in [-0.1, -0.05) is 66.2 Å². The summed E-state index contributed by atoms with van der Waals surface area (Å²) in [5.41, 5.74) is 0.919. The van der Waals surface area contributed by atoms with Crippen LogP contribution >= 0.6 is 11.6 Å². The lowest BCUT2D eigenvalue weighted by molar-refractivity contribution is -0.150. The van der Waals surface area contributed by atoms with Crippen molar-refractivity contribution in [3.63, 3.8) is 0 Å². The summed E-state index contributed by atoms with van der Waals surface area (Å²) >= 11 is 6.12. The number of amides is 3. The molecule has 190 valence electrons. The normalized spacial score (nSPS) is 14.7. The number of benzene rings is 3. The molecule has 0 spiro atoms. The number of halogens is 1. The number of esters is 1. The highest BCUT2D eigenvalue weighted by Gasteiger charge is 2.29. The van der Waals surface area contributed by atoms with E-state index in [1.165, 1.54) is 0 Å². The summed E-state index contributed by atoms with van der Waals surface area (Å²) < 4.78 is 16.1. The van der Waals surface area contributed by atoms with Crippen LogP contribution in [0.5, 0.6) is 11.5 Å². The fourth-order valence-electron chi connectivity index (χ4n) is 3.59. The van der Waals surface area contributed by atoms with Crippen LogP contribution in [0.4, 0.5) is 0 Å². The zero-order chi connectivity index (χ0) is 26.2. The maximum Gasteiger partial charge on any atom is 0.308 e. The lowest BCUT2D eigenvalue weighted by Gasteiger charge is -2.25. The Bertz CT molecular complexity index is 1300. The second kappa shape index (κ2) is 12.0. The molecule has 1 heterocycles. The Hall–Kier alpha value is -4.37. The van der Waals surface area contributed by atoms with Crippen molar-refractivity contribution in [2.75, 3.05) is 13.2 Å². The van der Waals surface area contributed by atoms with Crippen LogP contribution in [0.1, 0.15) is 28.4 Å². The average Bonchev–Trinajstić information content (AvgIpc) is 2.92. The van der Waals surface area contributed by atoms with Crippen molar-refractivity contribution >= 4 is 35.3 Å². The van der Waals surface area contributed by atoms with Crippen molar-refractivity contribution in [1.29, 1.82) is 0 Å². The zero-order valence-corrected chi connectivity index (χ0v) is 20.3. The highest BCUT2D eigenvalue weighted by atomic mass is 35.5. The Morgan fingerprint density at radius 2 is 1.59 bits per heavy atom. The number of fused-ring (bicyclic) bond motifs is 1. The van der Waals surface area contributed by atoms with Crippen molar-refractivity contribution < 1.29 is 33.4 Å². The minimum absolute atomic E-state index is 0.0696. The number of hydrogen-bond acceptors (Lipinski definition) is 7. The zero-order valence-electron chi connectivity index (χ0n) is 19.5. The van der Waals surface area contributed by atoms with Crippen molar-refractivity contribution in [3.8, 4) is 11.5 Å². The molecule has 0 saturated heterocycles. The second-order valence-electron chi connectivity index (χ2n) is 8.06. The van der Waals surface area contributed by atoms with Crippen LogP contribution in [0.25, 0.3) is 0 Å². The quantitative estimate of drug-likeness (QED) is 0.436. The molecule has 3 amide bonds. The van der Waals surface area contributed by atoms with Crippen LogP contribution in [-0.4, -0.2) is 43.0 Å². The third-order valence-corrected chi connectivity index (χ3v) is 5.75. The average molecular weight is 523 g/mol. The van der Waals surface area contributed by atoms with Gasteiger partial charge >= 0.3 is 5.97 Å². The van der Waals surface area contributed by atoms with Gasteiger partial charge in [0.15, 0.2) is 18.1 Å². The first kappa shape index (κ1) is 25.7. The van der Waals surface area contributed by atoms with Crippen LogP contribution < -0.4 is 20.1 Å². The number of carbonyl (C=O) groups excluding carboxylic acids is 4. The van der Waals surface area contributed by atoms with Gasteiger partial charge in [-0.2, -0.15) is 0 Å². The van der Waals surface area contributed by atoms with E-state index in [1.54, 1.807) is 78.9 Å². The molecule has 9 nitrogen and oxygen atoms in total. The SMILES string of the molecule is O=C(COC(=O)C[C@@H](NC(=O)c1ccccc1Cl)c1ccccc1)NC(=O)[C@@H]1COc2ccccc2O1. The van der Waals surface area contributed by atoms with Crippen LogP contribution in [0.15, 0.2) is 78.9 Å². The molecular formula is C27H23ClN2O7. The van der Waals surface area contributed by atoms with Crippen molar-refractivity contribution in [2.24, 2.45) is 0 Å². The number of carbonyl (C=O) groups is 4. The van der Waals surface area contributed by atoms with E-state index in [1.807, 2.05) is 0 Å². The van der Waals surface area contributed by atoms with E-state index in [4.69, 9.17) is 25.8 Å². The Balaban J connectivity index is 1.31. The molecule has 37 heavy (non-hydrogen) atoms. The first-order valence-corrected chi connectivity index (χ1v) is 11.8. The van der Waals surface area contributed by atoms with E-state index < -0.39 is 42.4 Å². The summed E-state index contributed by atoms with van der Waals surface area (Å²) in [5, 5.41) is 5.19. The fourth-order valence-corrected chi connectivity index (χ4v) is 3.81. The first-order chi connectivity index (χ1) is 17.9. The first-order valence-electron chi connectivity index (χ1n) is 11.4. The Labute approximate surface area is 217 Å². The number of rotatable bonds is 8. The summed E-state index contributed by atoms with van der Waals surface area (Å²) in [6.45, 7) is -0.755. The molecule has 3 aromatic rings. The van der Waals surface area contributed by atoms with Gasteiger partial charge in [-0.3, -0.25) is 24.5 Å². The molecule has 2 N–H and O–H groups in total. The number of hydrogen-bond donors (Lipinski definition) is 2. The molecule has 4 rings (SSSR count). The Morgan fingerprint density at radius 3 is 2.35 bits per heavy atom. The van der Waals surface area contributed by atoms with E-state index in [0.29, 0.717) is 17.1 Å². The molecule has 3 aromatic carbocycles.